The Morgan fingerprint density at radius 3 is 2.83 bits per heavy atom. The van der Waals surface area contributed by atoms with Crippen molar-refractivity contribution in [1.82, 2.24) is 29.1 Å². The van der Waals surface area contributed by atoms with Crippen LogP contribution in [0.2, 0.25) is 0 Å². The van der Waals surface area contributed by atoms with Gasteiger partial charge in [-0.15, -0.1) is 12.6 Å². The van der Waals surface area contributed by atoms with Gasteiger partial charge < -0.3 is 0 Å². The Hall–Kier alpha value is -3.18. The fraction of sp³-hybridized carbons (Fsp3) is 0.0625. The Bertz CT molecular complexity index is 1100. The molecular formula is C16H11N7S. The minimum atomic E-state index is 0.371. The molecule has 0 bridgehead atoms. The molecule has 0 unspecified atom stereocenters. The maximum atomic E-state index is 9.49. The number of thiol groups is 1. The third-order valence-corrected chi connectivity index (χ3v) is 4.11. The van der Waals surface area contributed by atoms with Gasteiger partial charge in [-0.1, -0.05) is 0 Å². The molecule has 4 heterocycles. The molecule has 116 valence electrons. The van der Waals surface area contributed by atoms with E-state index < -0.39 is 0 Å². The smallest absolute Gasteiger partial charge is 0.155 e. The quantitative estimate of drug-likeness (QED) is 0.569. The van der Waals surface area contributed by atoms with E-state index in [0.717, 1.165) is 22.6 Å². The zero-order chi connectivity index (χ0) is 16.7. The summed E-state index contributed by atoms with van der Waals surface area (Å²) in [4.78, 5) is 12.9. The molecule has 0 aliphatic rings. The number of nitriles is 1. The second-order valence-corrected chi connectivity index (χ2v) is 5.58. The second-order valence-electron chi connectivity index (χ2n) is 5.15. The van der Waals surface area contributed by atoms with Gasteiger partial charge in [-0.25, -0.2) is 9.97 Å². The van der Waals surface area contributed by atoms with Gasteiger partial charge in [0, 0.05) is 31.2 Å². The molecule has 0 fully saturated rings. The molecule has 0 saturated carbocycles. The Morgan fingerprint density at radius 2 is 2.08 bits per heavy atom. The predicted octanol–water partition coefficient (Wildman–Crippen LogP) is 2.35. The highest BCUT2D eigenvalue weighted by atomic mass is 32.1. The minimum absolute atomic E-state index is 0.371. The molecule has 7 nitrogen and oxygen atoms in total. The molecule has 0 aliphatic carbocycles. The molecule has 4 aromatic rings. The third-order valence-electron chi connectivity index (χ3n) is 3.79. The fourth-order valence-corrected chi connectivity index (χ4v) is 2.92. The predicted molar refractivity (Wildman–Crippen MR) is 90.4 cm³/mol. The minimum Gasteiger partial charge on any atom is -0.295 e. The normalized spacial score (nSPS) is 10.9. The molecule has 0 radical (unpaired) electrons. The molecule has 0 saturated heterocycles. The van der Waals surface area contributed by atoms with Crippen LogP contribution >= 0.6 is 12.6 Å². The van der Waals surface area contributed by atoms with E-state index in [2.05, 4.69) is 38.7 Å². The Kier molecular flexibility index (Phi) is 3.29. The molecular weight excluding hydrogens is 322 g/mol. The third kappa shape index (κ3) is 2.14. The monoisotopic (exact) mass is 333 g/mol. The summed E-state index contributed by atoms with van der Waals surface area (Å²) in [5, 5.41) is 14.0. The largest absolute Gasteiger partial charge is 0.295 e. The van der Waals surface area contributed by atoms with Crippen LogP contribution in [0.25, 0.3) is 28.3 Å². The zero-order valence-electron chi connectivity index (χ0n) is 12.6. The first-order chi connectivity index (χ1) is 11.7. The van der Waals surface area contributed by atoms with Gasteiger partial charge in [0.1, 0.15) is 11.1 Å². The molecule has 4 rings (SSSR count). The van der Waals surface area contributed by atoms with Gasteiger partial charge >= 0.3 is 0 Å². The standard InChI is InChI=1S/C16H11N7S/c1-22-13(2-3-20-22)10-6-12(21-16(24)11(10)7-17)14-8-19-15-9-18-4-5-23(14)15/h2-6,8-9H,1H3,(H,21,24). The van der Waals surface area contributed by atoms with E-state index in [-0.39, 0.29) is 0 Å². The van der Waals surface area contributed by atoms with Crippen LogP contribution in [0.15, 0.2) is 48.1 Å². The fourth-order valence-electron chi connectivity index (χ4n) is 2.64. The highest BCUT2D eigenvalue weighted by molar-refractivity contribution is 7.80. The van der Waals surface area contributed by atoms with Crippen LogP contribution in [0.4, 0.5) is 0 Å². The lowest BCUT2D eigenvalue weighted by Crippen LogP contribution is -2.00. The molecule has 8 heteroatoms. The van der Waals surface area contributed by atoms with E-state index in [9.17, 15) is 5.26 Å². The van der Waals surface area contributed by atoms with Crippen molar-refractivity contribution in [3.8, 4) is 28.7 Å². The van der Waals surface area contributed by atoms with E-state index >= 15 is 0 Å². The van der Waals surface area contributed by atoms with Crippen LogP contribution in [-0.2, 0) is 7.05 Å². The lowest BCUT2D eigenvalue weighted by atomic mass is 10.1. The Labute approximate surface area is 142 Å². The maximum absolute atomic E-state index is 9.49. The number of aryl methyl sites for hydroxylation is 1. The van der Waals surface area contributed by atoms with E-state index in [4.69, 9.17) is 0 Å². The summed E-state index contributed by atoms with van der Waals surface area (Å²) < 4.78 is 3.60. The number of fused-ring (bicyclic) bond motifs is 1. The Morgan fingerprint density at radius 1 is 1.21 bits per heavy atom. The summed E-state index contributed by atoms with van der Waals surface area (Å²) in [5.41, 5.74) is 4.17. The van der Waals surface area contributed by atoms with Crippen LogP contribution < -0.4 is 0 Å². The van der Waals surface area contributed by atoms with Gasteiger partial charge in [0.15, 0.2) is 5.65 Å². The van der Waals surface area contributed by atoms with Crippen molar-refractivity contribution in [2.45, 2.75) is 5.03 Å². The summed E-state index contributed by atoms with van der Waals surface area (Å²) in [7, 11) is 1.83. The number of rotatable bonds is 2. The van der Waals surface area contributed by atoms with Crippen LogP contribution in [0.3, 0.4) is 0 Å². The molecule has 0 atom stereocenters. The first-order valence-corrected chi connectivity index (χ1v) is 7.53. The summed E-state index contributed by atoms with van der Waals surface area (Å²) in [6, 6.07) is 5.89. The zero-order valence-corrected chi connectivity index (χ0v) is 13.5. The molecule has 0 aromatic carbocycles. The SMILES string of the molecule is Cn1nccc1-c1cc(-c2cnc3cnccn23)nc(S)c1C#N. The number of aromatic nitrogens is 6. The summed E-state index contributed by atoms with van der Waals surface area (Å²) in [5.74, 6) is 0. The van der Waals surface area contributed by atoms with Crippen molar-refractivity contribution in [3.63, 3.8) is 0 Å². The van der Waals surface area contributed by atoms with E-state index in [1.165, 1.54) is 0 Å². The van der Waals surface area contributed by atoms with Gasteiger partial charge in [0.25, 0.3) is 0 Å². The van der Waals surface area contributed by atoms with E-state index in [1.54, 1.807) is 29.5 Å². The van der Waals surface area contributed by atoms with Crippen molar-refractivity contribution < 1.29 is 0 Å². The lowest BCUT2D eigenvalue weighted by molar-refractivity contribution is 0.775. The highest BCUT2D eigenvalue weighted by Gasteiger charge is 2.17. The molecule has 0 amide bonds. The summed E-state index contributed by atoms with van der Waals surface area (Å²) in [6.07, 6.45) is 8.60. The van der Waals surface area contributed by atoms with Crippen LogP contribution in [0.1, 0.15) is 5.56 Å². The number of pyridine rings is 1. The van der Waals surface area contributed by atoms with E-state index in [1.807, 2.05) is 29.8 Å². The topological polar surface area (TPSA) is 84.7 Å². The molecule has 0 aliphatic heterocycles. The van der Waals surface area contributed by atoms with Crippen LogP contribution in [0.5, 0.6) is 0 Å². The maximum Gasteiger partial charge on any atom is 0.155 e. The number of hydrogen-bond acceptors (Lipinski definition) is 6. The lowest BCUT2D eigenvalue weighted by Gasteiger charge is -2.09. The second kappa shape index (κ2) is 5.47. The highest BCUT2D eigenvalue weighted by Crippen LogP contribution is 2.31. The van der Waals surface area contributed by atoms with Gasteiger partial charge in [-0.3, -0.25) is 14.1 Å². The average Bonchev–Trinajstić information content (AvgIpc) is 3.20. The van der Waals surface area contributed by atoms with Crippen molar-refractivity contribution in [1.29, 1.82) is 5.26 Å². The number of imidazole rings is 1. The Balaban J connectivity index is 2.00. The average molecular weight is 333 g/mol. The van der Waals surface area contributed by atoms with Crippen molar-refractivity contribution in [2.24, 2.45) is 7.05 Å². The number of nitrogens with zero attached hydrogens (tertiary/aromatic N) is 7. The first kappa shape index (κ1) is 14.4. The summed E-state index contributed by atoms with van der Waals surface area (Å²) in [6.45, 7) is 0. The molecule has 24 heavy (non-hydrogen) atoms. The van der Waals surface area contributed by atoms with Crippen molar-refractivity contribution >= 4 is 18.3 Å². The number of hydrogen-bond donors (Lipinski definition) is 1. The van der Waals surface area contributed by atoms with E-state index in [0.29, 0.717) is 16.3 Å². The summed E-state index contributed by atoms with van der Waals surface area (Å²) >= 11 is 4.40. The van der Waals surface area contributed by atoms with Gasteiger partial charge in [0.2, 0.25) is 0 Å². The first-order valence-electron chi connectivity index (χ1n) is 7.09. The van der Waals surface area contributed by atoms with Gasteiger partial charge in [-0.2, -0.15) is 10.4 Å². The molecule has 0 N–H and O–H groups in total. The van der Waals surface area contributed by atoms with Gasteiger partial charge in [0.05, 0.1) is 35.0 Å². The van der Waals surface area contributed by atoms with Gasteiger partial charge in [-0.05, 0) is 12.1 Å². The molecule has 0 spiro atoms. The van der Waals surface area contributed by atoms with Crippen molar-refractivity contribution in [2.75, 3.05) is 0 Å². The van der Waals surface area contributed by atoms with Crippen molar-refractivity contribution in [3.05, 3.63) is 48.7 Å². The van der Waals surface area contributed by atoms with Crippen LogP contribution in [0, 0.1) is 11.3 Å². The van der Waals surface area contributed by atoms with Crippen LogP contribution in [-0.4, -0.2) is 29.1 Å². The molecule has 4 aromatic heterocycles.